The lowest BCUT2D eigenvalue weighted by Gasteiger charge is -2.39. The monoisotopic (exact) mass is 385 g/mol. The van der Waals surface area contributed by atoms with Crippen molar-refractivity contribution in [2.45, 2.75) is 25.1 Å². The summed E-state index contributed by atoms with van der Waals surface area (Å²) in [4.78, 5) is 24.5. The maximum Gasteiger partial charge on any atom is 0.433 e. The normalized spacial score (nSPS) is 16.9. The van der Waals surface area contributed by atoms with Crippen LogP contribution in [-0.2, 0) is 17.4 Å². The lowest BCUT2D eigenvalue weighted by Crippen LogP contribution is -2.47. The molecule has 0 unspecified atom stereocenters. The third-order valence-corrected chi connectivity index (χ3v) is 4.63. The van der Waals surface area contributed by atoms with E-state index in [4.69, 9.17) is 5.11 Å². The van der Waals surface area contributed by atoms with Crippen LogP contribution in [0.3, 0.4) is 0 Å². The smallest absolute Gasteiger partial charge is 0.433 e. The zero-order valence-electron chi connectivity index (χ0n) is 13.3. The maximum atomic E-state index is 13.2. The molecule has 1 saturated heterocycles. The molecule has 0 aromatic carbocycles. The molecule has 0 bridgehead atoms. The average Bonchev–Trinajstić information content (AvgIpc) is 2.91. The lowest BCUT2D eigenvalue weighted by atomic mass is 10.0. The Bertz CT molecular complexity index is 839. The zero-order chi connectivity index (χ0) is 18.9. The van der Waals surface area contributed by atoms with E-state index >= 15 is 0 Å². The van der Waals surface area contributed by atoms with Gasteiger partial charge in [0.05, 0.1) is 12.5 Å². The van der Waals surface area contributed by atoms with E-state index in [1.165, 1.54) is 6.20 Å². The van der Waals surface area contributed by atoms with Crippen molar-refractivity contribution >= 4 is 34.2 Å². The third-order valence-electron chi connectivity index (χ3n) is 3.71. The Balaban J connectivity index is 1.89. The van der Waals surface area contributed by atoms with Crippen LogP contribution in [0.2, 0.25) is 0 Å². The number of hydrogen-bond acceptors (Lipinski definition) is 7. The molecule has 2 aromatic heterocycles. The third kappa shape index (κ3) is 3.93. The van der Waals surface area contributed by atoms with Crippen molar-refractivity contribution in [3.05, 3.63) is 35.5 Å². The molecule has 138 valence electrons. The van der Waals surface area contributed by atoms with Crippen molar-refractivity contribution in [2.75, 3.05) is 16.8 Å². The van der Waals surface area contributed by atoms with Gasteiger partial charge in [-0.1, -0.05) is 6.08 Å². The quantitative estimate of drug-likeness (QED) is 0.739. The van der Waals surface area contributed by atoms with Gasteiger partial charge in [-0.2, -0.15) is 18.2 Å². The number of aliphatic carboxylic acids is 1. The number of carboxylic acids is 1. The summed E-state index contributed by atoms with van der Waals surface area (Å²) >= 11 is 1.03. The van der Waals surface area contributed by atoms with E-state index in [1.807, 2.05) is 0 Å². The summed E-state index contributed by atoms with van der Waals surface area (Å²) in [6.45, 7) is 4.19. The van der Waals surface area contributed by atoms with Gasteiger partial charge >= 0.3 is 12.1 Å². The molecule has 2 N–H and O–H groups in total. The molecule has 7 nitrogen and oxygen atoms in total. The fraction of sp³-hybridized carbons (Fsp3) is 0.333. The number of halogens is 3. The van der Waals surface area contributed by atoms with Crippen LogP contribution in [0.4, 0.5) is 30.1 Å². The van der Waals surface area contributed by atoms with Crippen molar-refractivity contribution in [2.24, 2.45) is 0 Å². The van der Waals surface area contributed by atoms with Gasteiger partial charge in [0, 0.05) is 23.7 Å². The van der Waals surface area contributed by atoms with E-state index in [0.29, 0.717) is 11.4 Å². The molecule has 1 aliphatic rings. The van der Waals surface area contributed by atoms with Gasteiger partial charge in [-0.05, 0) is 6.42 Å². The van der Waals surface area contributed by atoms with Gasteiger partial charge < -0.3 is 15.3 Å². The molecule has 3 heterocycles. The van der Waals surface area contributed by atoms with Gasteiger partial charge in [-0.3, -0.25) is 4.79 Å². The molecule has 3 rings (SSSR count). The molecular weight excluding hydrogens is 371 g/mol. The topological polar surface area (TPSA) is 91.2 Å². The van der Waals surface area contributed by atoms with Crippen molar-refractivity contribution in [3.8, 4) is 0 Å². The molecule has 2 aromatic rings. The average molecular weight is 385 g/mol. The van der Waals surface area contributed by atoms with Crippen molar-refractivity contribution in [1.82, 2.24) is 15.0 Å². The van der Waals surface area contributed by atoms with Crippen molar-refractivity contribution in [1.29, 1.82) is 0 Å². The highest BCUT2D eigenvalue weighted by Crippen LogP contribution is 2.33. The van der Waals surface area contributed by atoms with Crippen LogP contribution in [0, 0.1) is 0 Å². The Hall–Kier alpha value is -2.69. The Morgan fingerprint density at radius 2 is 2.27 bits per heavy atom. The van der Waals surface area contributed by atoms with Gasteiger partial charge in [-0.15, -0.1) is 17.9 Å². The molecule has 1 atom stereocenters. The minimum atomic E-state index is -4.62. The van der Waals surface area contributed by atoms with Crippen LogP contribution < -0.4 is 10.2 Å². The minimum absolute atomic E-state index is 0.0409. The minimum Gasteiger partial charge on any atom is -0.481 e. The second kappa shape index (κ2) is 6.90. The molecular formula is C15H14F3N5O2S. The van der Waals surface area contributed by atoms with Gasteiger partial charge in [-0.25, -0.2) is 9.97 Å². The molecule has 26 heavy (non-hydrogen) atoms. The number of rotatable bonds is 6. The summed E-state index contributed by atoms with van der Waals surface area (Å²) in [5, 5.41) is 11.7. The molecule has 0 radical (unpaired) electrons. The Morgan fingerprint density at radius 1 is 1.50 bits per heavy atom. The first kappa shape index (κ1) is 18.1. The van der Waals surface area contributed by atoms with E-state index in [-0.39, 0.29) is 29.4 Å². The standard InChI is InChI=1S/C15H14F3N5O2S/c1-2-8-3-4-23(8)13-20-10(15(16,17)18)6-11(21-13)22-14-19-7-9(26-14)5-12(24)25/h2,6-8H,1,3-5H2,(H,24,25)(H,19,20,21,22)/t8-/m0/s1. The van der Waals surface area contributed by atoms with Crippen LogP contribution in [0.5, 0.6) is 0 Å². The second-order valence-corrected chi connectivity index (χ2v) is 6.66. The van der Waals surface area contributed by atoms with Crippen molar-refractivity contribution < 1.29 is 23.1 Å². The first-order chi connectivity index (χ1) is 12.3. The summed E-state index contributed by atoms with van der Waals surface area (Å²) < 4.78 is 39.5. The number of thiazole rings is 1. The number of hydrogen-bond donors (Lipinski definition) is 2. The predicted octanol–water partition coefficient (Wildman–Crippen LogP) is 3.09. The van der Waals surface area contributed by atoms with Gasteiger partial charge in [0.2, 0.25) is 5.95 Å². The maximum absolute atomic E-state index is 13.2. The highest BCUT2D eigenvalue weighted by Gasteiger charge is 2.36. The Labute approximate surface area is 150 Å². The summed E-state index contributed by atoms with van der Waals surface area (Å²) in [6.07, 6.45) is -1.07. The number of alkyl halides is 3. The van der Waals surface area contributed by atoms with Crippen molar-refractivity contribution in [3.63, 3.8) is 0 Å². The highest BCUT2D eigenvalue weighted by molar-refractivity contribution is 7.15. The number of anilines is 3. The zero-order valence-corrected chi connectivity index (χ0v) is 14.1. The summed E-state index contributed by atoms with van der Waals surface area (Å²) in [7, 11) is 0. The van der Waals surface area contributed by atoms with Gasteiger partial charge in [0.25, 0.3) is 0 Å². The summed E-state index contributed by atoms with van der Waals surface area (Å²) in [5.74, 6) is -1.12. The molecule has 0 aliphatic carbocycles. The second-order valence-electron chi connectivity index (χ2n) is 5.55. The number of nitrogens with one attached hydrogen (secondary N) is 1. The van der Waals surface area contributed by atoms with Crippen LogP contribution >= 0.6 is 11.3 Å². The number of carbonyl (C=O) groups is 1. The number of carboxylic acid groups (broad SMARTS) is 1. The molecule has 1 fully saturated rings. The number of aromatic nitrogens is 3. The van der Waals surface area contributed by atoms with Crippen LogP contribution in [0.15, 0.2) is 24.9 Å². The van der Waals surface area contributed by atoms with Crippen LogP contribution in [0.25, 0.3) is 0 Å². The van der Waals surface area contributed by atoms with Gasteiger partial charge in [0.1, 0.15) is 5.82 Å². The lowest BCUT2D eigenvalue weighted by molar-refractivity contribution is -0.141. The Morgan fingerprint density at radius 3 is 2.85 bits per heavy atom. The molecule has 0 saturated carbocycles. The van der Waals surface area contributed by atoms with E-state index < -0.39 is 17.8 Å². The first-order valence-corrected chi connectivity index (χ1v) is 8.37. The van der Waals surface area contributed by atoms with E-state index in [2.05, 4.69) is 26.8 Å². The van der Waals surface area contributed by atoms with E-state index in [1.54, 1.807) is 11.0 Å². The Kier molecular flexibility index (Phi) is 4.81. The largest absolute Gasteiger partial charge is 0.481 e. The summed E-state index contributed by atoms with van der Waals surface area (Å²) in [5.41, 5.74) is -1.07. The van der Waals surface area contributed by atoms with Gasteiger partial charge in [0.15, 0.2) is 10.8 Å². The first-order valence-electron chi connectivity index (χ1n) is 7.55. The van der Waals surface area contributed by atoms with E-state index in [9.17, 15) is 18.0 Å². The number of nitrogens with zero attached hydrogens (tertiary/aromatic N) is 4. The molecule has 0 amide bonds. The molecule has 1 aliphatic heterocycles. The highest BCUT2D eigenvalue weighted by atomic mass is 32.1. The van der Waals surface area contributed by atoms with Crippen LogP contribution in [-0.4, -0.2) is 38.6 Å². The fourth-order valence-corrected chi connectivity index (χ4v) is 3.19. The molecule has 11 heteroatoms. The fourth-order valence-electron chi connectivity index (χ4n) is 2.38. The SMILES string of the molecule is C=C[C@H]1CCN1c1nc(Nc2ncc(CC(=O)O)s2)cc(C(F)(F)F)n1. The predicted molar refractivity (Wildman–Crippen MR) is 89.7 cm³/mol. The summed E-state index contributed by atoms with van der Waals surface area (Å²) in [6, 6.07) is 0.693. The van der Waals surface area contributed by atoms with E-state index in [0.717, 1.165) is 23.8 Å². The van der Waals surface area contributed by atoms with Crippen LogP contribution in [0.1, 0.15) is 17.0 Å². The molecule has 0 spiro atoms.